The molecule has 76 valence electrons. The zero-order valence-electron chi connectivity index (χ0n) is 8.03. The molecule has 0 amide bonds. The molecule has 4 N–H and O–H groups in total. The molecule has 0 aromatic heterocycles. The van der Waals surface area contributed by atoms with Crippen molar-refractivity contribution in [2.24, 2.45) is 17.4 Å². The lowest BCUT2D eigenvalue weighted by Gasteiger charge is -2.29. The summed E-state index contributed by atoms with van der Waals surface area (Å²) in [5.74, 6) is -0.230. The van der Waals surface area contributed by atoms with E-state index in [1.165, 1.54) is 0 Å². The van der Waals surface area contributed by atoms with E-state index in [1.807, 2.05) is 0 Å². The van der Waals surface area contributed by atoms with Crippen LogP contribution in [-0.4, -0.2) is 24.7 Å². The third-order valence-corrected chi connectivity index (χ3v) is 2.40. The Balaban J connectivity index is 2.45. The Morgan fingerprint density at radius 2 is 1.85 bits per heavy atom. The summed E-state index contributed by atoms with van der Waals surface area (Å²) in [7, 11) is 0. The van der Waals surface area contributed by atoms with Gasteiger partial charge in [0.1, 0.15) is 0 Å². The molecule has 0 aromatic carbocycles. The molecule has 1 fully saturated rings. The van der Waals surface area contributed by atoms with Gasteiger partial charge in [-0.2, -0.15) is 0 Å². The molecular weight excluding hydrogens is 168 g/mol. The minimum absolute atomic E-state index is 0.0538. The number of esters is 1. The highest BCUT2D eigenvalue weighted by molar-refractivity contribution is 5.72. The molecule has 2 unspecified atom stereocenters. The van der Waals surface area contributed by atoms with Crippen LogP contribution in [0.25, 0.3) is 0 Å². The number of hydrogen-bond acceptors (Lipinski definition) is 4. The van der Waals surface area contributed by atoms with Crippen molar-refractivity contribution in [1.82, 2.24) is 0 Å². The second-order valence-corrected chi connectivity index (χ2v) is 3.68. The monoisotopic (exact) mass is 186 g/mol. The van der Waals surface area contributed by atoms with Crippen LogP contribution >= 0.6 is 0 Å². The lowest BCUT2D eigenvalue weighted by Crippen LogP contribution is -2.42. The van der Waals surface area contributed by atoms with Crippen LogP contribution in [0.3, 0.4) is 0 Å². The molecule has 4 nitrogen and oxygen atoms in total. The molecule has 4 heteroatoms. The lowest BCUT2D eigenvalue weighted by molar-refractivity contribution is -0.149. The molecule has 0 saturated heterocycles. The summed E-state index contributed by atoms with van der Waals surface area (Å²) in [4.78, 5) is 11.4. The van der Waals surface area contributed by atoms with Crippen LogP contribution in [-0.2, 0) is 9.53 Å². The predicted molar refractivity (Wildman–Crippen MR) is 49.9 cm³/mol. The fraction of sp³-hybridized carbons (Fsp3) is 0.889. The first-order valence-electron chi connectivity index (χ1n) is 4.81. The average molecular weight is 186 g/mol. The summed E-state index contributed by atoms with van der Waals surface area (Å²) in [6.45, 7) is 2.24. The van der Waals surface area contributed by atoms with Crippen LogP contribution in [0.2, 0.25) is 0 Å². The van der Waals surface area contributed by atoms with Crippen molar-refractivity contribution in [3.05, 3.63) is 0 Å². The topological polar surface area (TPSA) is 78.3 Å². The van der Waals surface area contributed by atoms with Crippen LogP contribution < -0.4 is 11.5 Å². The molecule has 13 heavy (non-hydrogen) atoms. The van der Waals surface area contributed by atoms with E-state index in [1.54, 1.807) is 6.92 Å². The van der Waals surface area contributed by atoms with Crippen molar-refractivity contribution in [2.45, 2.75) is 38.3 Å². The van der Waals surface area contributed by atoms with Crippen LogP contribution in [0.1, 0.15) is 26.2 Å². The first-order chi connectivity index (χ1) is 6.13. The number of rotatable bonds is 2. The predicted octanol–water partition coefficient (Wildman–Crippen LogP) is 0.00420. The first-order valence-corrected chi connectivity index (χ1v) is 4.81. The van der Waals surface area contributed by atoms with Crippen LogP contribution in [0.15, 0.2) is 0 Å². The largest absolute Gasteiger partial charge is 0.466 e. The van der Waals surface area contributed by atoms with Crippen molar-refractivity contribution in [3.8, 4) is 0 Å². The van der Waals surface area contributed by atoms with Crippen molar-refractivity contribution in [3.63, 3.8) is 0 Å². The van der Waals surface area contributed by atoms with Gasteiger partial charge in [0.15, 0.2) is 0 Å². The van der Waals surface area contributed by atoms with Gasteiger partial charge in [-0.1, -0.05) is 0 Å². The lowest BCUT2D eigenvalue weighted by atomic mass is 9.83. The highest BCUT2D eigenvalue weighted by atomic mass is 16.5. The third kappa shape index (κ3) is 2.97. The highest BCUT2D eigenvalue weighted by Crippen LogP contribution is 2.23. The van der Waals surface area contributed by atoms with Gasteiger partial charge in [0.2, 0.25) is 0 Å². The van der Waals surface area contributed by atoms with E-state index >= 15 is 0 Å². The fourth-order valence-corrected chi connectivity index (χ4v) is 1.86. The summed E-state index contributed by atoms with van der Waals surface area (Å²) >= 11 is 0. The van der Waals surface area contributed by atoms with E-state index < -0.39 is 0 Å². The van der Waals surface area contributed by atoms with Crippen LogP contribution in [0.4, 0.5) is 0 Å². The second-order valence-electron chi connectivity index (χ2n) is 3.68. The number of ether oxygens (including phenoxy) is 1. The molecule has 0 bridgehead atoms. The van der Waals surface area contributed by atoms with Crippen molar-refractivity contribution < 1.29 is 9.53 Å². The Bertz CT molecular complexity index is 174. The van der Waals surface area contributed by atoms with Crippen LogP contribution in [0.5, 0.6) is 0 Å². The van der Waals surface area contributed by atoms with E-state index in [9.17, 15) is 4.79 Å². The molecule has 2 atom stereocenters. The number of nitrogens with two attached hydrogens (primary N) is 2. The first kappa shape index (κ1) is 10.5. The smallest absolute Gasteiger partial charge is 0.309 e. The van der Waals surface area contributed by atoms with Crippen molar-refractivity contribution in [1.29, 1.82) is 0 Å². The minimum atomic E-state index is -0.145. The molecule has 1 rings (SSSR count). The summed E-state index contributed by atoms with van der Waals surface area (Å²) in [5.41, 5.74) is 11.5. The van der Waals surface area contributed by atoms with Gasteiger partial charge >= 0.3 is 5.97 Å². The summed E-state index contributed by atoms with van der Waals surface area (Å²) < 4.78 is 4.93. The zero-order chi connectivity index (χ0) is 9.84. The van der Waals surface area contributed by atoms with Gasteiger partial charge in [-0.3, -0.25) is 4.79 Å². The Kier molecular flexibility index (Phi) is 3.69. The van der Waals surface area contributed by atoms with Gasteiger partial charge in [0, 0.05) is 12.1 Å². The van der Waals surface area contributed by atoms with E-state index in [0.717, 1.165) is 6.42 Å². The maximum Gasteiger partial charge on any atom is 0.309 e. The quantitative estimate of drug-likeness (QED) is 0.595. The van der Waals surface area contributed by atoms with Gasteiger partial charge in [-0.15, -0.1) is 0 Å². The van der Waals surface area contributed by atoms with Crippen molar-refractivity contribution in [2.75, 3.05) is 6.61 Å². The number of carbonyl (C=O) groups is 1. The number of carbonyl (C=O) groups excluding carboxylic acids is 1. The number of hydrogen-bond donors (Lipinski definition) is 2. The molecule has 0 spiro atoms. The second kappa shape index (κ2) is 4.58. The average Bonchev–Trinajstić information content (AvgIpc) is 2.03. The third-order valence-electron chi connectivity index (χ3n) is 2.40. The molecule has 1 aliphatic rings. The maximum atomic E-state index is 11.4. The van der Waals surface area contributed by atoms with Crippen molar-refractivity contribution >= 4 is 5.97 Å². The SMILES string of the molecule is CCOC(=O)C1CC(N)CC(N)C1. The summed E-state index contributed by atoms with van der Waals surface area (Å²) in [6, 6.07) is 0.108. The Labute approximate surface area is 78.6 Å². The Morgan fingerprint density at radius 3 is 2.31 bits per heavy atom. The Hall–Kier alpha value is -0.610. The van der Waals surface area contributed by atoms with E-state index in [0.29, 0.717) is 19.4 Å². The fourth-order valence-electron chi connectivity index (χ4n) is 1.86. The van der Waals surface area contributed by atoms with Gasteiger partial charge in [-0.25, -0.2) is 0 Å². The van der Waals surface area contributed by atoms with E-state index in [2.05, 4.69) is 0 Å². The van der Waals surface area contributed by atoms with Gasteiger partial charge in [0.25, 0.3) is 0 Å². The van der Waals surface area contributed by atoms with E-state index in [-0.39, 0.29) is 24.0 Å². The van der Waals surface area contributed by atoms with Gasteiger partial charge in [-0.05, 0) is 26.2 Å². The molecule has 0 radical (unpaired) electrons. The Morgan fingerprint density at radius 1 is 1.31 bits per heavy atom. The summed E-state index contributed by atoms with van der Waals surface area (Å²) in [6.07, 6.45) is 2.25. The van der Waals surface area contributed by atoms with E-state index in [4.69, 9.17) is 16.2 Å². The summed E-state index contributed by atoms with van der Waals surface area (Å²) in [5, 5.41) is 0. The molecule has 1 aliphatic carbocycles. The molecule has 0 aliphatic heterocycles. The normalized spacial score (nSPS) is 34.2. The zero-order valence-corrected chi connectivity index (χ0v) is 8.03. The highest BCUT2D eigenvalue weighted by Gasteiger charge is 2.30. The van der Waals surface area contributed by atoms with Gasteiger partial charge < -0.3 is 16.2 Å². The van der Waals surface area contributed by atoms with Crippen LogP contribution in [0, 0.1) is 5.92 Å². The minimum Gasteiger partial charge on any atom is -0.466 e. The maximum absolute atomic E-state index is 11.4. The van der Waals surface area contributed by atoms with Gasteiger partial charge in [0.05, 0.1) is 12.5 Å². The molecular formula is C9H18N2O2. The molecule has 0 aromatic rings. The standard InChI is InChI=1S/C9H18N2O2/c1-2-13-9(12)6-3-7(10)5-8(11)4-6/h6-8H,2-5,10-11H2,1H3. The molecule has 1 saturated carbocycles. The molecule has 0 heterocycles.